The number of hydrogen-bond acceptors (Lipinski definition) is 3. The molecule has 0 radical (unpaired) electrons. The van der Waals surface area contributed by atoms with Gasteiger partial charge >= 0.3 is 0 Å². The molecule has 0 saturated carbocycles. The molecule has 1 saturated heterocycles. The van der Waals surface area contributed by atoms with Gasteiger partial charge in [0.25, 0.3) is 0 Å². The monoisotopic (exact) mass is 251 g/mol. The van der Waals surface area contributed by atoms with Crippen LogP contribution in [0.2, 0.25) is 0 Å². The summed E-state index contributed by atoms with van der Waals surface area (Å²) in [6.07, 6.45) is 2.72. The van der Waals surface area contributed by atoms with Crippen LogP contribution in [0, 0.1) is 11.2 Å². The van der Waals surface area contributed by atoms with E-state index in [1.807, 2.05) is 18.0 Å². The molecule has 1 unspecified atom stereocenters. The molecule has 3 nitrogen and oxygen atoms in total. The van der Waals surface area contributed by atoms with E-state index in [-0.39, 0.29) is 5.82 Å². The lowest BCUT2D eigenvalue weighted by Crippen LogP contribution is -2.43. The molecule has 1 aromatic rings. The van der Waals surface area contributed by atoms with Crippen LogP contribution in [0.15, 0.2) is 24.3 Å². The number of halogens is 1. The summed E-state index contributed by atoms with van der Waals surface area (Å²) in [5, 5.41) is 0. The zero-order valence-electron chi connectivity index (χ0n) is 10.6. The van der Waals surface area contributed by atoms with Gasteiger partial charge in [-0.25, -0.2) is 4.39 Å². The second kappa shape index (κ2) is 5.48. The van der Waals surface area contributed by atoms with Crippen molar-refractivity contribution in [1.82, 2.24) is 0 Å². The van der Waals surface area contributed by atoms with Crippen molar-refractivity contribution >= 4 is 12.0 Å². The van der Waals surface area contributed by atoms with Crippen LogP contribution in [0.1, 0.15) is 12.8 Å². The highest BCUT2D eigenvalue weighted by Gasteiger charge is 2.34. The third kappa shape index (κ3) is 2.88. The Labute approximate surface area is 107 Å². The molecule has 0 bridgehead atoms. The normalized spacial score (nSPS) is 23.7. The molecule has 4 heteroatoms. The maximum absolute atomic E-state index is 13.2. The predicted molar refractivity (Wildman–Crippen MR) is 68.2 cm³/mol. The van der Waals surface area contributed by atoms with Gasteiger partial charge in [-0.05, 0) is 31.0 Å². The van der Waals surface area contributed by atoms with Crippen molar-refractivity contribution in [1.29, 1.82) is 0 Å². The molecule has 0 amide bonds. The first-order valence-electron chi connectivity index (χ1n) is 6.16. The Bertz CT molecular complexity index is 416. The first kappa shape index (κ1) is 13.0. The van der Waals surface area contributed by atoms with Gasteiger partial charge in [-0.3, -0.25) is 0 Å². The molecule has 1 aromatic carbocycles. The summed E-state index contributed by atoms with van der Waals surface area (Å²) in [5.74, 6) is -0.264. The highest BCUT2D eigenvalue weighted by Crippen LogP contribution is 2.29. The molecular formula is C14H18FNO2. The van der Waals surface area contributed by atoms with Crippen LogP contribution in [0.5, 0.6) is 0 Å². The smallest absolute Gasteiger partial charge is 0.130 e. The van der Waals surface area contributed by atoms with Gasteiger partial charge in [0.05, 0.1) is 12.0 Å². The van der Waals surface area contributed by atoms with Crippen LogP contribution < -0.4 is 4.90 Å². The molecule has 0 aromatic heterocycles. The Morgan fingerprint density at radius 1 is 1.56 bits per heavy atom. The van der Waals surface area contributed by atoms with Crippen LogP contribution >= 0.6 is 0 Å². The Morgan fingerprint density at radius 3 is 3.00 bits per heavy atom. The van der Waals surface area contributed by atoms with Crippen molar-refractivity contribution in [2.75, 3.05) is 31.7 Å². The number of carbonyl (C=O) groups is 1. The fraction of sp³-hybridized carbons (Fsp3) is 0.500. The van der Waals surface area contributed by atoms with Crippen molar-refractivity contribution in [3.8, 4) is 0 Å². The summed E-state index contributed by atoms with van der Waals surface area (Å²) in [5.41, 5.74) is 0.320. The molecule has 18 heavy (non-hydrogen) atoms. The van der Waals surface area contributed by atoms with E-state index < -0.39 is 5.41 Å². The van der Waals surface area contributed by atoms with E-state index >= 15 is 0 Å². The fourth-order valence-electron chi connectivity index (χ4n) is 2.41. The van der Waals surface area contributed by atoms with Gasteiger partial charge in [-0.1, -0.05) is 6.07 Å². The van der Waals surface area contributed by atoms with E-state index in [4.69, 9.17) is 4.74 Å². The minimum absolute atomic E-state index is 0.264. The number of aldehydes is 1. The molecule has 0 spiro atoms. The maximum Gasteiger partial charge on any atom is 0.130 e. The lowest BCUT2D eigenvalue weighted by Gasteiger charge is -2.36. The zero-order chi connectivity index (χ0) is 13.0. The van der Waals surface area contributed by atoms with Crippen LogP contribution in [-0.2, 0) is 9.53 Å². The van der Waals surface area contributed by atoms with Crippen molar-refractivity contribution in [3.05, 3.63) is 30.1 Å². The SMILES string of the molecule is CN(CC1(C=O)CCCOC1)c1cccc(F)c1. The van der Waals surface area contributed by atoms with E-state index in [9.17, 15) is 9.18 Å². The lowest BCUT2D eigenvalue weighted by atomic mass is 9.83. The largest absolute Gasteiger partial charge is 0.380 e. The van der Waals surface area contributed by atoms with Crippen molar-refractivity contribution < 1.29 is 13.9 Å². The number of hydrogen-bond donors (Lipinski definition) is 0. The minimum atomic E-state index is -0.459. The van der Waals surface area contributed by atoms with Crippen molar-refractivity contribution in [3.63, 3.8) is 0 Å². The molecule has 2 rings (SSSR count). The van der Waals surface area contributed by atoms with E-state index in [1.165, 1.54) is 12.1 Å². The number of carbonyl (C=O) groups excluding carboxylic acids is 1. The Hall–Kier alpha value is -1.42. The molecule has 1 aliphatic rings. The summed E-state index contributed by atoms with van der Waals surface area (Å²) in [7, 11) is 1.87. The van der Waals surface area contributed by atoms with Gasteiger partial charge in [-0.2, -0.15) is 0 Å². The summed E-state index contributed by atoms with van der Waals surface area (Å²) in [6, 6.07) is 6.40. The Kier molecular flexibility index (Phi) is 3.97. The van der Waals surface area contributed by atoms with Gasteiger partial charge in [0.15, 0.2) is 0 Å². The first-order chi connectivity index (χ1) is 8.65. The number of ether oxygens (including phenoxy) is 1. The van der Waals surface area contributed by atoms with Crippen LogP contribution in [0.25, 0.3) is 0 Å². The molecule has 0 N–H and O–H groups in total. The highest BCUT2D eigenvalue weighted by molar-refractivity contribution is 5.62. The predicted octanol–water partition coefficient (Wildman–Crippen LogP) is 2.26. The minimum Gasteiger partial charge on any atom is -0.380 e. The molecule has 1 atom stereocenters. The van der Waals surface area contributed by atoms with Gasteiger partial charge < -0.3 is 14.4 Å². The average molecular weight is 251 g/mol. The summed E-state index contributed by atoms with van der Waals surface area (Å²) in [6.45, 7) is 1.73. The number of benzene rings is 1. The summed E-state index contributed by atoms with van der Waals surface area (Å²) >= 11 is 0. The second-order valence-electron chi connectivity index (χ2n) is 4.97. The Morgan fingerprint density at radius 2 is 2.39 bits per heavy atom. The average Bonchev–Trinajstić information content (AvgIpc) is 2.40. The Balaban J connectivity index is 2.09. The number of anilines is 1. The second-order valence-corrected chi connectivity index (χ2v) is 4.97. The topological polar surface area (TPSA) is 29.5 Å². The van der Waals surface area contributed by atoms with Gasteiger partial charge in [0, 0.05) is 25.9 Å². The summed E-state index contributed by atoms with van der Waals surface area (Å²) in [4.78, 5) is 13.2. The van der Waals surface area contributed by atoms with Crippen LogP contribution in [0.4, 0.5) is 10.1 Å². The van der Waals surface area contributed by atoms with Crippen LogP contribution in [0.3, 0.4) is 0 Å². The molecule has 98 valence electrons. The molecule has 0 aliphatic carbocycles. The quantitative estimate of drug-likeness (QED) is 0.769. The highest BCUT2D eigenvalue weighted by atomic mass is 19.1. The third-order valence-electron chi connectivity index (χ3n) is 3.40. The molecular weight excluding hydrogens is 233 g/mol. The summed E-state index contributed by atoms with van der Waals surface area (Å²) < 4.78 is 18.6. The van der Waals surface area contributed by atoms with E-state index in [1.54, 1.807) is 6.07 Å². The van der Waals surface area contributed by atoms with Crippen molar-refractivity contribution in [2.24, 2.45) is 5.41 Å². The van der Waals surface area contributed by atoms with Crippen molar-refractivity contribution in [2.45, 2.75) is 12.8 Å². The van der Waals surface area contributed by atoms with E-state index in [0.717, 1.165) is 31.4 Å². The van der Waals surface area contributed by atoms with Gasteiger partial charge in [0.2, 0.25) is 0 Å². The first-order valence-corrected chi connectivity index (χ1v) is 6.16. The molecule has 1 aliphatic heterocycles. The fourth-order valence-corrected chi connectivity index (χ4v) is 2.41. The molecule has 1 heterocycles. The van der Waals surface area contributed by atoms with Gasteiger partial charge in [-0.15, -0.1) is 0 Å². The van der Waals surface area contributed by atoms with E-state index in [0.29, 0.717) is 13.2 Å². The van der Waals surface area contributed by atoms with Crippen LogP contribution in [-0.4, -0.2) is 33.1 Å². The molecule has 1 fully saturated rings. The van der Waals surface area contributed by atoms with Gasteiger partial charge in [0.1, 0.15) is 12.1 Å². The lowest BCUT2D eigenvalue weighted by molar-refractivity contribution is -0.122. The standard InChI is InChI=1S/C14H18FNO2/c1-16(13-5-2-4-12(15)8-13)9-14(10-17)6-3-7-18-11-14/h2,4-5,8,10H,3,6-7,9,11H2,1H3. The number of rotatable bonds is 4. The maximum atomic E-state index is 13.2. The number of nitrogens with zero attached hydrogens (tertiary/aromatic N) is 1. The zero-order valence-corrected chi connectivity index (χ0v) is 10.6. The third-order valence-corrected chi connectivity index (χ3v) is 3.40. The van der Waals surface area contributed by atoms with E-state index in [2.05, 4.69) is 0 Å².